The molecule has 142 valence electrons. The maximum atomic E-state index is 6.09. The average molecular weight is 358 g/mol. The van der Waals surface area contributed by atoms with Gasteiger partial charge in [-0.1, -0.05) is 0 Å². The summed E-state index contributed by atoms with van der Waals surface area (Å²) < 4.78 is 8.18. The third kappa shape index (κ3) is 3.78. The molecular formula is C19H30N6O. The van der Waals surface area contributed by atoms with Gasteiger partial charge >= 0.3 is 0 Å². The summed E-state index contributed by atoms with van der Waals surface area (Å²) in [5.74, 6) is 2.63. The third-order valence-electron chi connectivity index (χ3n) is 5.74. The van der Waals surface area contributed by atoms with Crippen molar-refractivity contribution in [2.45, 2.75) is 44.8 Å². The van der Waals surface area contributed by atoms with Crippen LogP contribution >= 0.6 is 0 Å². The summed E-state index contributed by atoms with van der Waals surface area (Å²) >= 11 is 0. The standard InChI is InChI=1S/C19H30N6O/c1-14-12-17(23-22-14)25-8-5-16(6-9-25)21-13-15-4-3-11-26-18(15)19-20-7-10-24(19)2/h7,10,12,15-16,18,21H,3-6,8-9,11,13H2,1-2H3,(H,22,23)/t15-,18+/m0/s1. The zero-order valence-corrected chi connectivity index (χ0v) is 15.8. The smallest absolute Gasteiger partial charge is 0.150 e. The van der Waals surface area contributed by atoms with Crippen LogP contribution in [0.2, 0.25) is 0 Å². The Morgan fingerprint density at radius 3 is 2.85 bits per heavy atom. The molecule has 7 heteroatoms. The molecule has 2 aromatic heterocycles. The van der Waals surface area contributed by atoms with Crippen LogP contribution in [0.25, 0.3) is 0 Å². The van der Waals surface area contributed by atoms with Crippen molar-refractivity contribution in [3.8, 4) is 0 Å². The first-order valence-electron chi connectivity index (χ1n) is 9.80. The van der Waals surface area contributed by atoms with Gasteiger partial charge in [0.2, 0.25) is 0 Å². The number of nitrogens with zero attached hydrogens (tertiary/aromatic N) is 4. The van der Waals surface area contributed by atoms with E-state index in [0.717, 1.165) is 62.8 Å². The van der Waals surface area contributed by atoms with E-state index in [2.05, 4.69) is 50.0 Å². The van der Waals surface area contributed by atoms with Gasteiger partial charge in [0.15, 0.2) is 5.82 Å². The number of aryl methyl sites for hydroxylation is 2. The molecular weight excluding hydrogens is 328 g/mol. The summed E-state index contributed by atoms with van der Waals surface area (Å²) in [6.45, 7) is 6.02. The highest BCUT2D eigenvalue weighted by Gasteiger charge is 2.31. The van der Waals surface area contributed by atoms with Crippen molar-refractivity contribution in [3.05, 3.63) is 30.0 Å². The van der Waals surface area contributed by atoms with Gasteiger partial charge in [-0.15, -0.1) is 0 Å². The Labute approximate surface area is 155 Å². The Balaban J connectivity index is 1.29. The van der Waals surface area contributed by atoms with Crippen LogP contribution in [0.15, 0.2) is 18.5 Å². The number of nitrogens with one attached hydrogen (secondary N) is 2. The SMILES string of the molecule is Cc1cc(N2CCC(NC[C@@H]3CCCO[C@H]3c3nccn3C)CC2)n[nH]1. The van der Waals surface area contributed by atoms with Gasteiger partial charge in [-0.3, -0.25) is 5.10 Å². The Kier molecular flexibility index (Phi) is 5.26. The van der Waals surface area contributed by atoms with Crippen molar-refractivity contribution in [2.75, 3.05) is 31.1 Å². The zero-order chi connectivity index (χ0) is 17.9. The molecule has 0 saturated carbocycles. The van der Waals surface area contributed by atoms with Crippen LogP contribution in [0.3, 0.4) is 0 Å². The van der Waals surface area contributed by atoms with Gasteiger partial charge < -0.3 is 19.5 Å². The second-order valence-electron chi connectivity index (χ2n) is 7.67. The molecule has 0 spiro atoms. The Morgan fingerprint density at radius 1 is 1.31 bits per heavy atom. The normalized spacial score (nSPS) is 24.9. The second kappa shape index (κ2) is 7.80. The molecule has 2 saturated heterocycles. The Bertz CT molecular complexity index is 702. The molecule has 4 heterocycles. The lowest BCUT2D eigenvalue weighted by Crippen LogP contribution is -2.45. The van der Waals surface area contributed by atoms with E-state index in [1.165, 1.54) is 6.42 Å². The number of H-pyrrole nitrogens is 1. The number of hydrogen-bond donors (Lipinski definition) is 2. The van der Waals surface area contributed by atoms with E-state index in [1.807, 2.05) is 12.4 Å². The molecule has 0 aromatic carbocycles. The molecule has 2 aliphatic rings. The fraction of sp³-hybridized carbons (Fsp3) is 0.684. The fourth-order valence-corrected chi connectivity index (χ4v) is 4.19. The molecule has 0 unspecified atom stereocenters. The van der Waals surface area contributed by atoms with E-state index in [9.17, 15) is 0 Å². The first-order chi connectivity index (χ1) is 12.7. The highest BCUT2D eigenvalue weighted by molar-refractivity contribution is 5.39. The molecule has 0 radical (unpaired) electrons. The van der Waals surface area contributed by atoms with Gasteiger partial charge in [-0.05, 0) is 32.6 Å². The maximum Gasteiger partial charge on any atom is 0.150 e. The third-order valence-corrected chi connectivity index (χ3v) is 5.74. The molecule has 7 nitrogen and oxygen atoms in total. The quantitative estimate of drug-likeness (QED) is 0.857. The highest BCUT2D eigenvalue weighted by Crippen LogP contribution is 2.32. The number of aromatic amines is 1. The van der Waals surface area contributed by atoms with Gasteiger partial charge in [0.05, 0.1) is 0 Å². The van der Waals surface area contributed by atoms with E-state index in [4.69, 9.17) is 4.74 Å². The van der Waals surface area contributed by atoms with Crippen LogP contribution in [0.1, 0.15) is 43.3 Å². The minimum Gasteiger partial charge on any atom is -0.370 e. The van der Waals surface area contributed by atoms with Crippen LogP contribution in [0.4, 0.5) is 5.82 Å². The minimum atomic E-state index is 0.114. The van der Waals surface area contributed by atoms with Crippen LogP contribution in [-0.4, -0.2) is 52.0 Å². The lowest BCUT2D eigenvalue weighted by molar-refractivity contribution is -0.0351. The highest BCUT2D eigenvalue weighted by atomic mass is 16.5. The number of hydrogen-bond acceptors (Lipinski definition) is 5. The van der Waals surface area contributed by atoms with Crippen LogP contribution in [-0.2, 0) is 11.8 Å². The predicted octanol–water partition coefficient (Wildman–Crippen LogP) is 2.18. The lowest BCUT2D eigenvalue weighted by Gasteiger charge is -2.35. The van der Waals surface area contributed by atoms with Crippen molar-refractivity contribution in [1.29, 1.82) is 0 Å². The first-order valence-corrected chi connectivity index (χ1v) is 9.80. The first kappa shape index (κ1) is 17.5. The number of piperidine rings is 1. The predicted molar refractivity (Wildman–Crippen MR) is 101 cm³/mol. The van der Waals surface area contributed by atoms with E-state index in [1.54, 1.807) is 0 Å². The van der Waals surface area contributed by atoms with Gasteiger partial charge in [0.1, 0.15) is 11.9 Å². The monoisotopic (exact) mass is 358 g/mol. The number of aromatic nitrogens is 4. The summed E-state index contributed by atoms with van der Waals surface area (Å²) in [5, 5.41) is 11.2. The zero-order valence-electron chi connectivity index (χ0n) is 15.8. The lowest BCUT2D eigenvalue weighted by atomic mass is 9.92. The van der Waals surface area contributed by atoms with E-state index >= 15 is 0 Å². The second-order valence-corrected chi connectivity index (χ2v) is 7.67. The summed E-state index contributed by atoms with van der Waals surface area (Å²) in [5.41, 5.74) is 1.12. The van der Waals surface area contributed by atoms with Gasteiger partial charge in [0, 0.05) is 69.4 Å². The minimum absolute atomic E-state index is 0.114. The molecule has 0 bridgehead atoms. The average Bonchev–Trinajstić information content (AvgIpc) is 3.29. The number of imidazole rings is 1. The summed E-state index contributed by atoms with van der Waals surface area (Å²) in [6, 6.07) is 2.71. The largest absolute Gasteiger partial charge is 0.370 e. The Morgan fingerprint density at radius 2 is 2.15 bits per heavy atom. The molecule has 2 aliphatic heterocycles. The molecule has 2 fully saturated rings. The van der Waals surface area contributed by atoms with Crippen molar-refractivity contribution < 1.29 is 4.74 Å². The van der Waals surface area contributed by atoms with E-state index in [0.29, 0.717) is 12.0 Å². The molecule has 2 aromatic rings. The molecule has 0 amide bonds. The van der Waals surface area contributed by atoms with Gasteiger partial charge in [-0.2, -0.15) is 5.10 Å². The topological polar surface area (TPSA) is 71.0 Å². The van der Waals surface area contributed by atoms with Crippen molar-refractivity contribution in [2.24, 2.45) is 13.0 Å². The van der Waals surface area contributed by atoms with Crippen molar-refractivity contribution in [1.82, 2.24) is 25.1 Å². The summed E-state index contributed by atoms with van der Waals surface area (Å²) in [6.07, 6.45) is 8.65. The van der Waals surface area contributed by atoms with Crippen molar-refractivity contribution in [3.63, 3.8) is 0 Å². The van der Waals surface area contributed by atoms with Gasteiger partial charge in [0.25, 0.3) is 0 Å². The number of ether oxygens (including phenoxy) is 1. The van der Waals surface area contributed by atoms with Crippen LogP contribution in [0.5, 0.6) is 0 Å². The molecule has 2 N–H and O–H groups in total. The van der Waals surface area contributed by atoms with Crippen LogP contribution in [0, 0.1) is 12.8 Å². The Hall–Kier alpha value is -1.86. The van der Waals surface area contributed by atoms with Crippen LogP contribution < -0.4 is 10.2 Å². The maximum absolute atomic E-state index is 6.09. The van der Waals surface area contributed by atoms with E-state index in [-0.39, 0.29) is 6.10 Å². The van der Waals surface area contributed by atoms with Gasteiger partial charge in [-0.25, -0.2) is 4.98 Å². The molecule has 2 atom stereocenters. The number of rotatable bonds is 5. The van der Waals surface area contributed by atoms with E-state index < -0.39 is 0 Å². The summed E-state index contributed by atoms with van der Waals surface area (Å²) in [4.78, 5) is 6.90. The molecule has 4 rings (SSSR count). The molecule has 0 aliphatic carbocycles. The van der Waals surface area contributed by atoms with Crippen molar-refractivity contribution >= 4 is 5.82 Å². The fourth-order valence-electron chi connectivity index (χ4n) is 4.19. The molecule has 26 heavy (non-hydrogen) atoms. The summed E-state index contributed by atoms with van der Waals surface area (Å²) in [7, 11) is 2.05. The number of anilines is 1.